The lowest BCUT2D eigenvalue weighted by atomic mass is 10.0. The van der Waals surface area contributed by atoms with Crippen LogP contribution in [0.2, 0.25) is 0 Å². The zero-order valence-electron chi connectivity index (χ0n) is 21.0. The first-order chi connectivity index (χ1) is 17.6. The highest BCUT2D eigenvalue weighted by Gasteiger charge is 2.23. The summed E-state index contributed by atoms with van der Waals surface area (Å²) in [4.78, 5) is 34.6. The van der Waals surface area contributed by atoms with Gasteiger partial charge in [-0.05, 0) is 73.8 Å². The number of ether oxygens (including phenoxy) is 1. The Kier molecular flexibility index (Phi) is 7.41. The minimum atomic E-state index is -0.0971. The number of H-pyrrole nitrogens is 1. The molecular formula is C28H35N5O3. The topological polar surface area (TPSA) is 80.9 Å². The van der Waals surface area contributed by atoms with Gasteiger partial charge in [0.2, 0.25) is 5.91 Å². The number of aromatic amines is 1. The number of hydrogen-bond acceptors (Lipinski definition) is 5. The summed E-state index contributed by atoms with van der Waals surface area (Å²) in [5.41, 5.74) is 4.21. The average molecular weight is 490 g/mol. The van der Waals surface area contributed by atoms with Crippen LogP contribution in [0, 0.1) is 0 Å². The lowest BCUT2D eigenvalue weighted by Crippen LogP contribution is -2.49. The van der Waals surface area contributed by atoms with E-state index in [-0.39, 0.29) is 18.4 Å². The molecule has 0 unspecified atom stereocenters. The third-order valence-corrected chi connectivity index (χ3v) is 7.32. The van der Waals surface area contributed by atoms with Crippen molar-refractivity contribution in [3.8, 4) is 5.75 Å². The van der Waals surface area contributed by atoms with E-state index in [1.165, 1.54) is 11.3 Å². The van der Waals surface area contributed by atoms with E-state index in [0.29, 0.717) is 18.7 Å². The number of carbonyl (C=O) groups excluding carboxylic acids is 2. The first kappa shape index (κ1) is 24.2. The van der Waals surface area contributed by atoms with Crippen LogP contribution in [0.3, 0.4) is 0 Å². The number of nitrogens with one attached hydrogen (secondary N) is 2. The number of carbonyl (C=O) groups is 2. The van der Waals surface area contributed by atoms with Gasteiger partial charge in [-0.15, -0.1) is 0 Å². The second-order valence-corrected chi connectivity index (χ2v) is 9.63. The van der Waals surface area contributed by atoms with Gasteiger partial charge in [0.05, 0.1) is 13.7 Å². The quantitative estimate of drug-likeness (QED) is 0.476. The van der Waals surface area contributed by atoms with Crippen molar-refractivity contribution in [1.82, 2.24) is 20.1 Å². The van der Waals surface area contributed by atoms with Gasteiger partial charge in [0.25, 0.3) is 5.91 Å². The molecule has 1 aromatic heterocycles. The third kappa shape index (κ3) is 5.49. The first-order valence-corrected chi connectivity index (χ1v) is 12.9. The first-order valence-electron chi connectivity index (χ1n) is 12.9. The Balaban J connectivity index is 1.10. The molecule has 2 saturated heterocycles. The molecule has 3 heterocycles. The summed E-state index contributed by atoms with van der Waals surface area (Å²) in [6.45, 7) is 6.56. The van der Waals surface area contributed by atoms with E-state index < -0.39 is 0 Å². The van der Waals surface area contributed by atoms with Crippen molar-refractivity contribution < 1.29 is 14.3 Å². The van der Waals surface area contributed by atoms with Crippen LogP contribution in [0.1, 0.15) is 28.8 Å². The fourth-order valence-corrected chi connectivity index (χ4v) is 5.19. The van der Waals surface area contributed by atoms with Crippen LogP contribution in [0.15, 0.2) is 48.7 Å². The standard InChI is InChI=1S/C28H35N5O3/c1-36-24-8-6-23(7-9-24)32-16-14-31(15-17-32)12-3-2-4-22-19-30-26-10-5-21(18-25(22)26)28(35)33-13-11-29-27(34)20-33/h5-10,18-19,30H,2-4,11-17,20H2,1H3,(H,29,34). The molecule has 190 valence electrons. The Hall–Kier alpha value is -3.52. The number of piperazine rings is 2. The molecule has 0 spiro atoms. The maximum atomic E-state index is 12.9. The van der Waals surface area contributed by atoms with Crippen molar-refractivity contribution in [2.45, 2.75) is 19.3 Å². The number of fused-ring (bicyclic) bond motifs is 1. The Labute approximate surface area is 212 Å². The van der Waals surface area contributed by atoms with Crippen LogP contribution in [0.25, 0.3) is 10.9 Å². The molecule has 0 saturated carbocycles. The molecule has 0 aliphatic carbocycles. The van der Waals surface area contributed by atoms with Gasteiger partial charge < -0.3 is 24.8 Å². The van der Waals surface area contributed by atoms with Gasteiger partial charge in [-0.25, -0.2) is 0 Å². The van der Waals surface area contributed by atoms with Crippen LogP contribution < -0.4 is 15.0 Å². The zero-order valence-corrected chi connectivity index (χ0v) is 21.0. The number of hydrogen-bond donors (Lipinski definition) is 2. The summed E-state index contributed by atoms with van der Waals surface area (Å²) in [6.07, 6.45) is 5.31. The van der Waals surface area contributed by atoms with E-state index in [4.69, 9.17) is 4.74 Å². The van der Waals surface area contributed by atoms with E-state index in [0.717, 1.165) is 68.6 Å². The second kappa shape index (κ2) is 11.0. The molecule has 0 radical (unpaired) electrons. The third-order valence-electron chi connectivity index (χ3n) is 7.32. The van der Waals surface area contributed by atoms with Gasteiger partial charge in [-0.3, -0.25) is 14.5 Å². The fraction of sp³-hybridized carbons (Fsp3) is 0.429. The zero-order chi connectivity index (χ0) is 24.9. The van der Waals surface area contributed by atoms with Crippen molar-refractivity contribution in [2.24, 2.45) is 0 Å². The predicted molar refractivity (Wildman–Crippen MR) is 142 cm³/mol. The van der Waals surface area contributed by atoms with Crippen molar-refractivity contribution >= 4 is 28.4 Å². The van der Waals surface area contributed by atoms with E-state index in [1.54, 1.807) is 12.0 Å². The van der Waals surface area contributed by atoms with Gasteiger partial charge in [0, 0.05) is 67.6 Å². The normalized spacial score (nSPS) is 16.9. The highest BCUT2D eigenvalue weighted by atomic mass is 16.5. The van der Waals surface area contributed by atoms with Crippen molar-refractivity contribution in [3.05, 3.63) is 59.8 Å². The Morgan fingerprint density at radius 1 is 1.00 bits per heavy atom. The molecular weight excluding hydrogens is 454 g/mol. The molecule has 36 heavy (non-hydrogen) atoms. The lowest BCUT2D eigenvalue weighted by Gasteiger charge is -2.36. The van der Waals surface area contributed by atoms with Gasteiger partial charge in [0.15, 0.2) is 0 Å². The number of benzene rings is 2. The van der Waals surface area contributed by atoms with Crippen LogP contribution in [0.5, 0.6) is 5.75 Å². The molecule has 2 amide bonds. The van der Waals surface area contributed by atoms with Crippen molar-refractivity contribution in [1.29, 1.82) is 0 Å². The minimum Gasteiger partial charge on any atom is -0.497 e. The van der Waals surface area contributed by atoms with Crippen LogP contribution in [-0.4, -0.2) is 86.1 Å². The number of amides is 2. The summed E-state index contributed by atoms with van der Waals surface area (Å²) in [5, 5.41) is 3.88. The van der Waals surface area contributed by atoms with Gasteiger partial charge in [-0.2, -0.15) is 0 Å². The summed E-state index contributed by atoms with van der Waals surface area (Å²) >= 11 is 0. The van der Waals surface area contributed by atoms with E-state index in [1.807, 2.05) is 30.3 Å². The molecule has 2 aliphatic heterocycles. The monoisotopic (exact) mass is 489 g/mol. The molecule has 8 nitrogen and oxygen atoms in total. The summed E-state index contributed by atoms with van der Waals surface area (Å²) in [5.74, 6) is 0.722. The number of nitrogens with zero attached hydrogens (tertiary/aromatic N) is 3. The number of aromatic nitrogens is 1. The van der Waals surface area contributed by atoms with Crippen molar-refractivity contribution in [3.63, 3.8) is 0 Å². The molecule has 2 fully saturated rings. The predicted octanol–water partition coefficient (Wildman–Crippen LogP) is 2.89. The maximum Gasteiger partial charge on any atom is 0.254 e. The van der Waals surface area contributed by atoms with Gasteiger partial charge in [0.1, 0.15) is 5.75 Å². The van der Waals surface area contributed by atoms with Crippen molar-refractivity contribution in [2.75, 3.05) is 64.4 Å². The number of unbranched alkanes of at least 4 members (excludes halogenated alkanes) is 1. The highest BCUT2D eigenvalue weighted by Crippen LogP contribution is 2.23. The maximum absolute atomic E-state index is 12.9. The molecule has 3 aromatic rings. The Bertz CT molecular complexity index is 1200. The molecule has 2 N–H and O–H groups in total. The summed E-state index contributed by atoms with van der Waals surface area (Å²) < 4.78 is 5.26. The van der Waals surface area contributed by atoms with Crippen LogP contribution >= 0.6 is 0 Å². The number of aryl methyl sites for hydroxylation is 1. The van der Waals surface area contributed by atoms with E-state index in [9.17, 15) is 9.59 Å². The summed E-state index contributed by atoms with van der Waals surface area (Å²) in [6, 6.07) is 14.1. The van der Waals surface area contributed by atoms with E-state index in [2.05, 4.69) is 38.4 Å². The number of methoxy groups -OCH3 is 1. The van der Waals surface area contributed by atoms with E-state index >= 15 is 0 Å². The molecule has 2 aliphatic rings. The largest absolute Gasteiger partial charge is 0.497 e. The Morgan fingerprint density at radius 3 is 2.56 bits per heavy atom. The van der Waals surface area contributed by atoms with Gasteiger partial charge in [-0.1, -0.05) is 0 Å². The highest BCUT2D eigenvalue weighted by molar-refractivity contribution is 6.00. The average Bonchev–Trinajstić information content (AvgIpc) is 3.33. The number of rotatable bonds is 8. The van der Waals surface area contributed by atoms with Crippen LogP contribution in [0.4, 0.5) is 5.69 Å². The molecule has 8 heteroatoms. The van der Waals surface area contributed by atoms with Gasteiger partial charge >= 0.3 is 0 Å². The molecule has 0 bridgehead atoms. The van der Waals surface area contributed by atoms with Crippen LogP contribution in [-0.2, 0) is 11.2 Å². The number of anilines is 1. The SMILES string of the molecule is COc1ccc(N2CCN(CCCCc3c[nH]c4ccc(C(=O)N5CCNC(=O)C5)cc34)CC2)cc1. The Morgan fingerprint density at radius 2 is 1.81 bits per heavy atom. The smallest absolute Gasteiger partial charge is 0.254 e. The lowest BCUT2D eigenvalue weighted by molar-refractivity contribution is -0.123. The minimum absolute atomic E-state index is 0.0762. The second-order valence-electron chi connectivity index (χ2n) is 9.63. The molecule has 5 rings (SSSR count). The summed E-state index contributed by atoms with van der Waals surface area (Å²) in [7, 11) is 1.70. The molecule has 2 aromatic carbocycles. The fourth-order valence-electron chi connectivity index (χ4n) is 5.19. The molecule has 0 atom stereocenters.